The highest BCUT2D eigenvalue weighted by atomic mass is 16.2. The zero-order valence-electron chi connectivity index (χ0n) is 14.6. The standard InChI is InChI=1S/C17H22N6O2/c1-22(2)16(24)12-6-7-15(18-9-12)20-17(25)19-10-13-8-14(11-4-5-11)23(3)21-13/h6-9,11H,4-5,10H2,1-3H3,(H2,18,19,20,25). The number of aryl methyl sites for hydroxylation is 1. The molecule has 1 fully saturated rings. The van der Waals surface area contributed by atoms with E-state index in [1.807, 2.05) is 17.8 Å². The van der Waals surface area contributed by atoms with Crippen LogP contribution in [0.15, 0.2) is 24.4 Å². The van der Waals surface area contributed by atoms with E-state index in [1.54, 1.807) is 26.2 Å². The smallest absolute Gasteiger partial charge is 0.320 e. The molecule has 8 heteroatoms. The van der Waals surface area contributed by atoms with Crippen LogP contribution in [0, 0.1) is 0 Å². The van der Waals surface area contributed by atoms with Gasteiger partial charge in [0.05, 0.1) is 17.8 Å². The number of anilines is 1. The number of carbonyl (C=O) groups is 2. The fourth-order valence-corrected chi connectivity index (χ4v) is 2.57. The lowest BCUT2D eigenvalue weighted by Crippen LogP contribution is -2.29. The van der Waals surface area contributed by atoms with E-state index >= 15 is 0 Å². The minimum absolute atomic E-state index is 0.134. The van der Waals surface area contributed by atoms with Crippen molar-refractivity contribution in [3.63, 3.8) is 0 Å². The van der Waals surface area contributed by atoms with Gasteiger partial charge < -0.3 is 10.2 Å². The van der Waals surface area contributed by atoms with Gasteiger partial charge in [-0.15, -0.1) is 0 Å². The second kappa shape index (κ2) is 6.92. The third-order valence-electron chi connectivity index (χ3n) is 4.05. The molecule has 0 unspecified atom stereocenters. The number of pyridine rings is 1. The SMILES string of the molecule is CN(C)C(=O)c1ccc(NC(=O)NCc2cc(C3CC3)n(C)n2)nc1. The van der Waals surface area contributed by atoms with Crippen molar-refractivity contribution in [2.45, 2.75) is 25.3 Å². The first kappa shape index (κ1) is 16.9. The van der Waals surface area contributed by atoms with Crippen molar-refractivity contribution in [2.75, 3.05) is 19.4 Å². The monoisotopic (exact) mass is 342 g/mol. The Hall–Kier alpha value is -2.90. The number of nitrogens with zero attached hydrogens (tertiary/aromatic N) is 4. The molecule has 2 N–H and O–H groups in total. The number of nitrogens with one attached hydrogen (secondary N) is 2. The van der Waals surface area contributed by atoms with E-state index in [9.17, 15) is 9.59 Å². The van der Waals surface area contributed by atoms with Crippen LogP contribution in [-0.4, -0.2) is 45.7 Å². The van der Waals surface area contributed by atoms with Crippen LogP contribution in [0.4, 0.5) is 10.6 Å². The van der Waals surface area contributed by atoms with Crippen molar-refractivity contribution in [3.8, 4) is 0 Å². The van der Waals surface area contributed by atoms with Crippen molar-refractivity contribution in [3.05, 3.63) is 41.3 Å². The highest BCUT2D eigenvalue weighted by molar-refractivity contribution is 5.94. The Balaban J connectivity index is 1.52. The molecule has 0 atom stereocenters. The first-order chi connectivity index (χ1) is 11.9. The molecular formula is C17H22N6O2. The lowest BCUT2D eigenvalue weighted by atomic mass is 10.2. The molecule has 3 amide bonds. The van der Waals surface area contributed by atoms with Crippen LogP contribution in [0.3, 0.4) is 0 Å². The predicted molar refractivity (Wildman–Crippen MR) is 93.3 cm³/mol. The summed E-state index contributed by atoms with van der Waals surface area (Å²) in [6.45, 7) is 0.351. The van der Waals surface area contributed by atoms with Crippen molar-refractivity contribution < 1.29 is 9.59 Å². The molecule has 2 heterocycles. The predicted octanol–water partition coefficient (Wildman–Crippen LogP) is 1.72. The molecule has 0 bridgehead atoms. The summed E-state index contributed by atoms with van der Waals surface area (Å²) in [6, 6.07) is 4.91. The van der Waals surface area contributed by atoms with Gasteiger partial charge in [0.2, 0.25) is 0 Å². The van der Waals surface area contributed by atoms with Crippen molar-refractivity contribution in [1.82, 2.24) is 25.0 Å². The summed E-state index contributed by atoms with van der Waals surface area (Å²) in [5.74, 6) is 0.866. The van der Waals surface area contributed by atoms with Gasteiger partial charge in [0, 0.05) is 39.0 Å². The summed E-state index contributed by atoms with van der Waals surface area (Å²) in [7, 11) is 5.28. The second-order valence-electron chi connectivity index (χ2n) is 6.40. The topological polar surface area (TPSA) is 92.2 Å². The first-order valence-corrected chi connectivity index (χ1v) is 8.19. The molecule has 1 aliphatic rings. The van der Waals surface area contributed by atoms with Crippen LogP contribution in [0.5, 0.6) is 0 Å². The Bertz CT molecular complexity index is 777. The highest BCUT2D eigenvalue weighted by Gasteiger charge is 2.27. The molecule has 2 aromatic rings. The molecule has 0 aromatic carbocycles. The molecule has 3 rings (SSSR count). The molecule has 1 saturated carbocycles. The Kier molecular flexibility index (Phi) is 4.69. The van der Waals surface area contributed by atoms with E-state index in [1.165, 1.54) is 29.6 Å². The van der Waals surface area contributed by atoms with Crippen molar-refractivity contribution >= 4 is 17.8 Å². The van der Waals surface area contributed by atoms with Crippen LogP contribution in [0.1, 0.15) is 40.5 Å². The van der Waals surface area contributed by atoms with Gasteiger partial charge in [-0.1, -0.05) is 0 Å². The van der Waals surface area contributed by atoms with Gasteiger partial charge >= 0.3 is 6.03 Å². The maximum Gasteiger partial charge on any atom is 0.320 e. The largest absolute Gasteiger partial charge is 0.345 e. The fourth-order valence-electron chi connectivity index (χ4n) is 2.57. The zero-order chi connectivity index (χ0) is 18.0. The summed E-state index contributed by atoms with van der Waals surface area (Å²) in [5.41, 5.74) is 2.52. The van der Waals surface area contributed by atoms with Gasteiger partial charge in [0.1, 0.15) is 5.82 Å². The maximum absolute atomic E-state index is 12.0. The summed E-state index contributed by atoms with van der Waals surface area (Å²) in [5, 5.41) is 9.82. The van der Waals surface area contributed by atoms with Crippen LogP contribution in [0.25, 0.3) is 0 Å². The Labute approximate surface area is 146 Å². The van der Waals surface area contributed by atoms with E-state index < -0.39 is 0 Å². The van der Waals surface area contributed by atoms with Crippen LogP contribution >= 0.6 is 0 Å². The molecule has 2 aromatic heterocycles. The van der Waals surface area contributed by atoms with E-state index in [0.29, 0.717) is 23.8 Å². The molecule has 132 valence electrons. The lowest BCUT2D eigenvalue weighted by Gasteiger charge is -2.10. The number of hydrogen-bond acceptors (Lipinski definition) is 4. The van der Waals surface area contributed by atoms with E-state index in [2.05, 4.69) is 20.7 Å². The van der Waals surface area contributed by atoms with Gasteiger partial charge in [-0.25, -0.2) is 9.78 Å². The average molecular weight is 342 g/mol. The third-order valence-corrected chi connectivity index (χ3v) is 4.05. The van der Waals surface area contributed by atoms with Gasteiger partial charge in [-0.05, 0) is 31.0 Å². The molecule has 0 radical (unpaired) electrons. The van der Waals surface area contributed by atoms with E-state index in [4.69, 9.17) is 0 Å². The van der Waals surface area contributed by atoms with Gasteiger partial charge in [0.25, 0.3) is 5.91 Å². The maximum atomic E-state index is 12.0. The van der Waals surface area contributed by atoms with Crippen molar-refractivity contribution in [1.29, 1.82) is 0 Å². The summed E-state index contributed by atoms with van der Waals surface area (Å²) in [6.07, 6.45) is 3.87. The Morgan fingerprint density at radius 2 is 2.08 bits per heavy atom. The average Bonchev–Trinajstić information content (AvgIpc) is 3.36. The first-order valence-electron chi connectivity index (χ1n) is 8.19. The lowest BCUT2D eigenvalue weighted by molar-refractivity contribution is 0.0827. The van der Waals surface area contributed by atoms with Crippen LogP contribution < -0.4 is 10.6 Å². The van der Waals surface area contributed by atoms with Gasteiger partial charge in [-0.2, -0.15) is 5.10 Å². The molecule has 8 nitrogen and oxygen atoms in total. The molecule has 25 heavy (non-hydrogen) atoms. The zero-order valence-corrected chi connectivity index (χ0v) is 14.6. The van der Waals surface area contributed by atoms with Gasteiger partial charge in [-0.3, -0.25) is 14.8 Å². The number of rotatable bonds is 5. The summed E-state index contributed by atoms with van der Waals surface area (Å²) in [4.78, 5) is 29.3. The normalized spacial score (nSPS) is 13.4. The Morgan fingerprint density at radius 3 is 2.68 bits per heavy atom. The number of amides is 3. The quantitative estimate of drug-likeness (QED) is 0.865. The number of carbonyl (C=O) groups excluding carboxylic acids is 2. The molecule has 0 spiro atoms. The van der Waals surface area contributed by atoms with E-state index in [-0.39, 0.29) is 11.9 Å². The van der Waals surface area contributed by atoms with Crippen LogP contribution in [-0.2, 0) is 13.6 Å². The number of hydrogen-bond donors (Lipinski definition) is 2. The minimum atomic E-state index is -0.363. The highest BCUT2D eigenvalue weighted by Crippen LogP contribution is 2.39. The molecular weight excluding hydrogens is 320 g/mol. The number of urea groups is 1. The van der Waals surface area contributed by atoms with E-state index in [0.717, 1.165) is 5.69 Å². The van der Waals surface area contributed by atoms with Crippen LogP contribution in [0.2, 0.25) is 0 Å². The summed E-state index contributed by atoms with van der Waals surface area (Å²) < 4.78 is 1.88. The van der Waals surface area contributed by atoms with Crippen molar-refractivity contribution in [2.24, 2.45) is 7.05 Å². The van der Waals surface area contributed by atoms with Gasteiger partial charge in [0.15, 0.2) is 0 Å². The third kappa shape index (κ3) is 4.14. The Morgan fingerprint density at radius 1 is 1.32 bits per heavy atom. The molecule has 0 aliphatic heterocycles. The molecule has 1 aliphatic carbocycles. The number of aromatic nitrogens is 3. The second-order valence-corrected chi connectivity index (χ2v) is 6.40. The minimum Gasteiger partial charge on any atom is -0.345 e. The summed E-state index contributed by atoms with van der Waals surface area (Å²) >= 11 is 0. The fraction of sp³-hybridized carbons (Fsp3) is 0.412. The molecule has 0 saturated heterocycles.